The van der Waals surface area contributed by atoms with E-state index in [4.69, 9.17) is 4.74 Å². The monoisotopic (exact) mass is 232 g/mol. The second-order valence-corrected chi connectivity index (χ2v) is 4.80. The molecule has 1 aromatic rings. The quantitative estimate of drug-likeness (QED) is 0.728. The standard InChI is InChI=1S/C15H20O2/c1-12(16)5-2-3-6-13-8-9-15-14(11-13)7-4-10-17-15/h8-9,11H,2-7,10H2,1H3. The van der Waals surface area contributed by atoms with Crippen molar-refractivity contribution in [1.82, 2.24) is 0 Å². The topological polar surface area (TPSA) is 26.3 Å². The van der Waals surface area contributed by atoms with E-state index in [1.165, 1.54) is 11.1 Å². The van der Waals surface area contributed by atoms with Crippen LogP contribution in [0.3, 0.4) is 0 Å². The summed E-state index contributed by atoms with van der Waals surface area (Å²) in [6.45, 7) is 2.52. The molecule has 1 heterocycles. The third kappa shape index (κ3) is 3.58. The number of carbonyl (C=O) groups excluding carboxylic acids is 1. The summed E-state index contributed by atoms with van der Waals surface area (Å²) >= 11 is 0. The second-order valence-electron chi connectivity index (χ2n) is 4.80. The molecule has 2 heteroatoms. The van der Waals surface area contributed by atoms with Crippen molar-refractivity contribution < 1.29 is 9.53 Å². The lowest BCUT2D eigenvalue weighted by molar-refractivity contribution is -0.117. The molecule has 92 valence electrons. The van der Waals surface area contributed by atoms with Gasteiger partial charge in [0.05, 0.1) is 6.61 Å². The molecule has 1 aromatic carbocycles. The molecule has 0 fully saturated rings. The first-order valence-electron chi connectivity index (χ1n) is 6.50. The minimum Gasteiger partial charge on any atom is -0.493 e. The molecule has 0 bridgehead atoms. The lowest BCUT2D eigenvalue weighted by Crippen LogP contribution is -2.08. The summed E-state index contributed by atoms with van der Waals surface area (Å²) in [4.78, 5) is 10.8. The van der Waals surface area contributed by atoms with Gasteiger partial charge in [-0.2, -0.15) is 0 Å². The van der Waals surface area contributed by atoms with Gasteiger partial charge in [0.15, 0.2) is 0 Å². The number of unbranched alkanes of at least 4 members (excludes halogenated alkanes) is 1. The number of fused-ring (bicyclic) bond motifs is 1. The van der Waals surface area contributed by atoms with Gasteiger partial charge in [0.25, 0.3) is 0 Å². The van der Waals surface area contributed by atoms with Gasteiger partial charge >= 0.3 is 0 Å². The molecule has 0 aromatic heterocycles. The van der Waals surface area contributed by atoms with Crippen LogP contribution < -0.4 is 4.74 Å². The van der Waals surface area contributed by atoms with Crippen LogP contribution in [0.5, 0.6) is 5.75 Å². The summed E-state index contributed by atoms with van der Waals surface area (Å²) in [5.41, 5.74) is 2.72. The van der Waals surface area contributed by atoms with Gasteiger partial charge < -0.3 is 9.53 Å². The summed E-state index contributed by atoms with van der Waals surface area (Å²) in [5.74, 6) is 1.35. The van der Waals surface area contributed by atoms with Gasteiger partial charge in [-0.05, 0) is 56.2 Å². The molecule has 2 rings (SSSR count). The Bertz CT molecular complexity index is 396. The molecule has 2 nitrogen and oxygen atoms in total. The van der Waals surface area contributed by atoms with E-state index in [0.29, 0.717) is 12.2 Å². The van der Waals surface area contributed by atoms with Gasteiger partial charge in [-0.1, -0.05) is 12.1 Å². The van der Waals surface area contributed by atoms with E-state index in [9.17, 15) is 4.79 Å². The first kappa shape index (κ1) is 12.2. The Kier molecular flexibility index (Phi) is 4.18. The fourth-order valence-electron chi connectivity index (χ4n) is 2.27. The smallest absolute Gasteiger partial charge is 0.129 e. The predicted molar refractivity (Wildman–Crippen MR) is 68.5 cm³/mol. The van der Waals surface area contributed by atoms with E-state index in [0.717, 1.165) is 44.5 Å². The van der Waals surface area contributed by atoms with Gasteiger partial charge in [0.2, 0.25) is 0 Å². The normalized spacial score (nSPS) is 13.9. The zero-order valence-corrected chi connectivity index (χ0v) is 10.5. The maximum absolute atomic E-state index is 10.8. The zero-order valence-electron chi connectivity index (χ0n) is 10.5. The van der Waals surface area contributed by atoms with E-state index in [2.05, 4.69) is 18.2 Å². The number of ketones is 1. The summed E-state index contributed by atoms with van der Waals surface area (Å²) < 4.78 is 5.59. The molecule has 0 atom stereocenters. The van der Waals surface area contributed by atoms with Crippen LogP contribution in [0.15, 0.2) is 18.2 Å². The van der Waals surface area contributed by atoms with Gasteiger partial charge in [0, 0.05) is 6.42 Å². The van der Waals surface area contributed by atoms with Crippen molar-refractivity contribution in [3.05, 3.63) is 29.3 Å². The van der Waals surface area contributed by atoms with Gasteiger partial charge in [-0.25, -0.2) is 0 Å². The first-order chi connectivity index (χ1) is 8.25. The highest BCUT2D eigenvalue weighted by Crippen LogP contribution is 2.26. The van der Waals surface area contributed by atoms with Gasteiger partial charge in [0.1, 0.15) is 11.5 Å². The maximum Gasteiger partial charge on any atom is 0.129 e. The molecule has 0 amide bonds. The molecule has 0 aliphatic carbocycles. The fraction of sp³-hybridized carbons (Fsp3) is 0.533. The molecule has 1 aliphatic heterocycles. The minimum atomic E-state index is 0.295. The molecular formula is C15H20O2. The summed E-state index contributed by atoms with van der Waals surface area (Å²) in [7, 11) is 0. The molecule has 0 radical (unpaired) electrons. The van der Waals surface area contributed by atoms with Crippen LogP contribution in [0, 0.1) is 0 Å². The third-order valence-electron chi connectivity index (χ3n) is 3.22. The van der Waals surface area contributed by atoms with E-state index in [1.54, 1.807) is 6.92 Å². The lowest BCUT2D eigenvalue weighted by atomic mass is 10.00. The average Bonchev–Trinajstić information content (AvgIpc) is 2.34. The van der Waals surface area contributed by atoms with Crippen molar-refractivity contribution in [2.45, 2.75) is 45.4 Å². The Labute approximate surface area is 103 Å². The largest absolute Gasteiger partial charge is 0.493 e. The Hall–Kier alpha value is -1.31. The number of rotatable bonds is 5. The van der Waals surface area contributed by atoms with Crippen LogP contribution >= 0.6 is 0 Å². The molecule has 0 spiro atoms. The Morgan fingerprint density at radius 3 is 3.06 bits per heavy atom. The van der Waals surface area contributed by atoms with Crippen molar-refractivity contribution in [3.63, 3.8) is 0 Å². The van der Waals surface area contributed by atoms with E-state index < -0.39 is 0 Å². The number of hydrogen-bond acceptors (Lipinski definition) is 2. The number of aryl methyl sites for hydroxylation is 2. The van der Waals surface area contributed by atoms with Crippen molar-refractivity contribution in [2.75, 3.05) is 6.61 Å². The van der Waals surface area contributed by atoms with Crippen LogP contribution in [0.1, 0.15) is 43.7 Å². The fourth-order valence-corrected chi connectivity index (χ4v) is 2.27. The zero-order chi connectivity index (χ0) is 12.1. The van der Waals surface area contributed by atoms with Gasteiger partial charge in [-0.15, -0.1) is 0 Å². The minimum absolute atomic E-state index is 0.295. The number of hydrogen-bond donors (Lipinski definition) is 0. The highest BCUT2D eigenvalue weighted by molar-refractivity contribution is 5.75. The number of ether oxygens (including phenoxy) is 1. The second kappa shape index (κ2) is 5.85. The van der Waals surface area contributed by atoms with Gasteiger partial charge in [-0.3, -0.25) is 0 Å². The SMILES string of the molecule is CC(=O)CCCCc1ccc2c(c1)CCCO2. The van der Waals surface area contributed by atoms with Crippen molar-refractivity contribution in [2.24, 2.45) is 0 Å². The molecule has 1 aliphatic rings. The summed E-state index contributed by atoms with van der Waals surface area (Å²) in [6, 6.07) is 6.51. The molecule has 17 heavy (non-hydrogen) atoms. The average molecular weight is 232 g/mol. The van der Waals surface area contributed by atoms with Crippen LogP contribution in [-0.2, 0) is 17.6 Å². The van der Waals surface area contributed by atoms with Crippen LogP contribution in [0.4, 0.5) is 0 Å². The summed E-state index contributed by atoms with van der Waals surface area (Å²) in [5, 5.41) is 0. The number of Topliss-reactive ketones (excluding diaryl/α,β-unsaturated/α-hetero) is 1. The number of benzene rings is 1. The molecule has 0 saturated heterocycles. The van der Waals surface area contributed by atoms with E-state index in [1.807, 2.05) is 0 Å². The van der Waals surface area contributed by atoms with E-state index in [-0.39, 0.29) is 0 Å². The van der Waals surface area contributed by atoms with Crippen LogP contribution in [0.25, 0.3) is 0 Å². The third-order valence-corrected chi connectivity index (χ3v) is 3.22. The predicted octanol–water partition coefficient (Wildman–Crippen LogP) is 3.31. The highest BCUT2D eigenvalue weighted by Gasteiger charge is 2.10. The highest BCUT2D eigenvalue weighted by atomic mass is 16.5. The Morgan fingerprint density at radius 2 is 2.24 bits per heavy atom. The lowest BCUT2D eigenvalue weighted by Gasteiger charge is -2.17. The van der Waals surface area contributed by atoms with E-state index >= 15 is 0 Å². The number of carbonyl (C=O) groups is 1. The van der Waals surface area contributed by atoms with Crippen molar-refractivity contribution >= 4 is 5.78 Å². The van der Waals surface area contributed by atoms with Crippen molar-refractivity contribution in [3.8, 4) is 5.75 Å². The molecule has 0 N–H and O–H groups in total. The Balaban J connectivity index is 1.86. The summed E-state index contributed by atoms with van der Waals surface area (Å²) in [6.07, 6.45) is 6.15. The molecular weight excluding hydrogens is 212 g/mol. The maximum atomic E-state index is 10.8. The Morgan fingerprint density at radius 1 is 1.35 bits per heavy atom. The van der Waals surface area contributed by atoms with Crippen molar-refractivity contribution in [1.29, 1.82) is 0 Å². The first-order valence-corrected chi connectivity index (χ1v) is 6.50. The molecule has 0 unspecified atom stereocenters. The van der Waals surface area contributed by atoms with Crippen LogP contribution in [-0.4, -0.2) is 12.4 Å². The van der Waals surface area contributed by atoms with Crippen LogP contribution in [0.2, 0.25) is 0 Å². The molecule has 0 saturated carbocycles.